The van der Waals surface area contributed by atoms with Crippen molar-refractivity contribution in [1.29, 1.82) is 0 Å². The minimum absolute atomic E-state index is 0.630. The molecule has 0 aliphatic heterocycles. The molecule has 0 aromatic heterocycles. The van der Waals surface area contributed by atoms with Gasteiger partial charge in [0.15, 0.2) is 11.5 Å². The van der Waals surface area contributed by atoms with E-state index >= 15 is 0 Å². The molecule has 0 aliphatic carbocycles. The van der Waals surface area contributed by atoms with Crippen molar-refractivity contribution in [2.24, 2.45) is 0 Å². The molecule has 0 fully saturated rings. The van der Waals surface area contributed by atoms with E-state index in [4.69, 9.17) is 9.47 Å². The molecule has 0 unspecified atom stereocenters. The molecule has 3 heteroatoms. The van der Waals surface area contributed by atoms with Gasteiger partial charge in [0.05, 0.1) is 13.7 Å². The standard InChI is InChI=1S/C18H23NO2/c1-4-21-18-16(6-5-7-17(18)20-3)13-19-12-15-10-8-14(2)9-11-15/h5-11,19H,4,12-13H2,1-3H3. The van der Waals surface area contributed by atoms with Gasteiger partial charge in [0.2, 0.25) is 0 Å². The van der Waals surface area contributed by atoms with Gasteiger partial charge in [-0.1, -0.05) is 42.0 Å². The third-order valence-corrected chi connectivity index (χ3v) is 3.33. The Morgan fingerprint density at radius 3 is 2.43 bits per heavy atom. The third-order valence-electron chi connectivity index (χ3n) is 3.33. The lowest BCUT2D eigenvalue weighted by atomic mass is 10.1. The van der Waals surface area contributed by atoms with E-state index in [-0.39, 0.29) is 0 Å². The molecule has 0 amide bonds. The van der Waals surface area contributed by atoms with Crippen molar-refractivity contribution < 1.29 is 9.47 Å². The normalized spacial score (nSPS) is 10.4. The Bertz CT molecular complexity index is 564. The number of rotatable bonds is 7. The summed E-state index contributed by atoms with van der Waals surface area (Å²) in [6.45, 7) is 6.30. The maximum absolute atomic E-state index is 5.71. The van der Waals surface area contributed by atoms with Crippen LogP contribution >= 0.6 is 0 Å². The number of aryl methyl sites for hydroxylation is 1. The summed E-state index contributed by atoms with van der Waals surface area (Å²) >= 11 is 0. The van der Waals surface area contributed by atoms with Crippen LogP contribution in [-0.4, -0.2) is 13.7 Å². The molecule has 0 atom stereocenters. The smallest absolute Gasteiger partial charge is 0.165 e. The van der Waals surface area contributed by atoms with Crippen LogP contribution in [0.15, 0.2) is 42.5 Å². The molecule has 0 aliphatic rings. The van der Waals surface area contributed by atoms with Gasteiger partial charge in [0, 0.05) is 18.7 Å². The number of hydrogen-bond acceptors (Lipinski definition) is 3. The Hall–Kier alpha value is -2.00. The first kappa shape index (κ1) is 15.4. The molecule has 2 aromatic rings. The number of nitrogens with one attached hydrogen (secondary N) is 1. The Morgan fingerprint density at radius 2 is 1.76 bits per heavy atom. The number of benzene rings is 2. The summed E-state index contributed by atoms with van der Waals surface area (Å²) < 4.78 is 11.1. The second kappa shape index (κ2) is 7.70. The molecule has 1 N–H and O–H groups in total. The van der Waals surface area contributed by atoms with E-state index < -0.39 is 0 Å². The molecule has 2 rings (SSSR count). The first-order valence-electron chi connectivity index (χ1n) is 7.29. The third kappa shape index (κ3) is 4.23. The second-order valence-electron chi connectivity index (χ2n) is 4.97. The van der Waals surface area contributed by atoms with Crippen LogP contribution < -0.4 is 14.8 Å². The van der Waals surface area contributed by atoms with Crippen LogP contribution in [0.5, 0.6) is 11.5 Å². The monoisotopic (exact) mass is 285 g/mol. The zero-order valence-electron chi connectivity index (χ0n) is 13.0. The lowest BCUT2D eigenvalue weighted by Crippen LogP contribution is -2.14. The van der Waals surface area contributed by atoms with E-state index in [0.717, 1.165) is 30.2 Å². The topological polar surface area (TPSA) is 30.5 Å². The Labute approximate surface area is 126 Å². The van der Waals surface area contributed by atoms with Crippen molar-refractivity contribution in [3.8, 4) is 11.5 Å². The summed E-state index contributed by atoms with van der Waals surface area (Å²) in [5.74, 6) is 1.62. The molecule has 0 bridgehead atoms. The molecular formula is C18H23NO2. The highest BCUT2D eigenvalue weighted by atomic mass is 16.5. The summed E-state index contributed by atoms with van der Waals surface area (Å²) in [4.78, 5) is 0. The Morgan fingerprint density at radius 1 is 1.00 bits per heavy atom. The molecule has 0 saturated carbocycles. The molecule has 0 heterocycles. The number of para-hydroxylation sites is 1. The summed E-state index contributed by atoms with van der Waals surface area (Å²) in [7, 11) is 1.67. The first-order valence-corrected chi connectivity index (χ1v) is 7.29. The molecule has 0 radical (unpaired) electrons. The van der Waals surface area contributed by atoms with Gasteiger partial charge >= 0.3 is 0 Å². The lowest BCUT2D eigenvalue weighted by molar-refractivity contribution is 0.306. The largest absolute Gasteiger partial charge is 0.493 e. The molecule has 2 aromatic carbocycles. The van der Waals surface area contributed by atoms with Gasteiger partial charge in [-0.25, -0.2) is 0 Å². The Kier molecular flexibility index (Phi) is 5.64. The highest BCUT2D eigenvalue weighted by Gasteiger charge is 2.09. The van der Waals surface area contributed by atoms with Gasteiger partial charge in [-0.2, -0.15) is 0 Å². The fourth-order valence-corrected chi connectivity index (χ4v) is 2.22. The minimum atomic E-state index is 0.630. The molecular weight excluding hydrogens is 262 g/mol. The van der Waals surface area contributed by atoms with Crippen LogP contribution in [0.2, 0.25) is 0 Å². The van der Waals surface area contributed by atoms with Crippen LogP contribution in [0, 0.1) is 6.92 Å². The number of hydrogen-bond donors (Lipinski definition) is 1. The van der Waals surface area contributed by atoms with Crippen molar-refractivity contribution in [2.45, 2.75) is 26.9 Å². The summed E-state index contributed by atoms with van der Waals surface area (Å²) in [6, 6.07) is 14.5. The van der Waals surface area contributed by atoms with E-state index in [1.807, 2.05) is 19.1 Å². The van der Waals surface area contributed by atoms with Crippen molar-refractivity contribution in [1.82, 2.24) is 5.32 Å². The highest BCUT2D eigenvalue weighted by Crippen LogP contribution is 2.31. The zero-order chi connectivity index (χ0) is 15.1. The van der Waals surface area contributed by atoms with Crippen molar-refractivity contribution in [2.75, 3.05) is 13.7 Å². The molecule has 21 heavy (non-hydrogen) atoms. The molecule has 0 spiro atoms. The van der Waals surface area contributed by atoms with Gasteiger partial charge in [-0.15, -0.1) is 0 Å². The lowest BCUT2D eigenvalue weighted by Gasteiger charge is -2.14. The zero-order valence-corrected chi connectivity index (χ0v) is 13.0. The fourth-order valence-electron chi connectivity index (χ4n) is 2.22. The van der Waals surface area contributed by atoms with Crippen LogP contribution in [0.4, 0.5) is 0 Å². The fraction of sp³-hybridized carbons (Fsp3) is 0.333. The molecule has 112 valence electrons. The van der Waals surface area contributed by atoms with Gasteiger partial charge < -0.3 is 14.8 Å². The van der Waals surface area contributed by atoms with Crippen molar-refractivity contribution >= 4 is 0 Å². The summed E-state index contributed by atoms with van der Waals surface area (Å²) in [5, 5.41) is 3.45. The van der Waals surface area contributed by atoms with E-state index in [1.54, 1.807) is 7.11 Å². The maximum atomic E-state index is 5.71. The van der Waals surface area contributed by atoms with Gasteiger partial charge in [0.25, 0.3) is 0 Å². The molecule has 3 nitrogen and oxygen atoms in total. The predicted octanol–water partition coefficient (Wildman–Crippen LogP) is 3.69. The highest BCUT2D eigenvalue weighted by molar-refractivity contribution is 5.46. The maximum Gasteiger partial charge on any atom is 0.165 e. The number of ether oxygens (including phenoxy) is 2. The van der Waals surface area contributed by atoms with E-state index in [9.17, 15) is 0 Å². The second-order valence-corrected chi connectivity index (χ2v) is 4.97. The summed E-state index contributed by atoms with van der Waals surface area (Å²) in [6.07, 6.45) is 0. The first-order chi connectivity index (χ1) is 10.2. The van der Waals surface area contributed by atoms with E-state index in [2.05, 4.69) is 42.6 Å². The van der Waals surface area contributed by atoms with Gasteiger partial charge in [-0.05, 0) is 25.5 Å². The minimum Gasteiger partial charge on any atom is -0.493 e. The van der Waals surface area contributed by atoms with Gasteiger partial charge in [-0.3, -0.25) is 0 Å². The molecule has 0 saturated heterocycles. The SMILES string of the molecule is CCOc1c(CNCc2ccc(C)cc2)cccc1OC. The van der Waals surface area contributed by atoms with Crippen LogP contribution in [0.3, 0.4) is 0 Å². The Balaban J connectivity index is 2.00. The van der Waals surface area contributed by atoms with Crippen molar-refractivity contribution in [3.63, 3.8) is 0 Å². The van der Waals surface area contributed by atoms with E-state index in [0.29, 0.717) is 6.61 Å². The van der Waals surface area contributed by atoms with Crippen LogP contribution in [-0.2, 0) is 13.1 Å². The predicted molar refractivity (Wildman–Crippen MR) is 85.9 cm³/mol. The van der Waals surface area contributed by atoms with Crippen molar-refractivity contribution in [3.05, 3.63) is 59.2 Å². The van der Waals surface area contributed by atoms with E-state index in [1.165, 1.54) is 11.1 Å². The number of methoxy groups -OCH3 is 1. The van der Waals surface area contributed by atoms with Crippen LogP contribution in [0.25, 0.3) is 0 Å². The summed E-state index contributed by atoms with van der Waals surface area (Å²) in [5.41, 5.74) is 3.68. The van der Waals surface area contributed by atoms with Gasteiger partial charge in [0.1, 0.15) is 0 Å². The quantitative estimate of drug-likeness (QED) is 0.841. The average Bonchev–Trinajstić information content (AvgIpc) is 2.51. The average molecular weight is 285 g/mol. The van der Waals surface area contributed by atoms with Crippen LogP contribution in [0.1, 0.15) is 23.6 Å².